The van der Waals surface area contributed by atoms with Crippen LogP contribution < -0.4 is 15.0 Å². The molecule has 0 aromatic heterocycles. The Morgan fingerprint density at radius 3 is 2.09 bits per heavy atom. The Bertz CT molecular complexity index is 1280. The maximum atomic E-state index is 13.5. The Hall–Kier alpha value is -4.38. The first-order chi connectivity index (χ1) is 17.0. The summed E-state index contributed by atoms with van der Waals surface area (Å²) in [5, 5.41) is 2.90. The average Bonchev–Trinajstić information content (AvgIpc) is 2.89. The van der Waals surface area contributed by atoms with E-state index >= 15 is 0 Å². The number of nitrogens with zero attached hydrogens (tertiary/aromatic N) is 1. The van der Waals surface area contributed by atoms with Crippen LogP contribution in [-0.4, -0.2) is 18.9 Å². The lowest BCUT2D eigenvalue weighted by Crippen LogP contribution is -2.31. The summed E-state index contributed by atoms with van der Waals surface area (Å²) in [6.45, 7) is 2.39. The summed E-state index contributed by atoms with van der Waals surface area (Å²) in [6.07, 6.45) is 0.233. The number of carbonyl (C=O) groups is 2. The van der Waals surface area contributed by atoms with Crippen molar-refractivity contribution in [1.29, 1.82) is 0 Å². The Labute approximate surface area is 206 Å². The maximum Gasteiger partial charge on any atom is 0.258 e. The molecule has 2 amide bonds. The third kappa shape index (κ3) is 6.15. The zero-order chi connectivity index (χ0) is 24.6. The monoisotopic (exact) mass is 464 g/mol. The van der Waals surface area contributed by atoms with Gasteiger partial charge in [0.1, 0.15) is 5.75 Å². The molecule has 4 rings (SSSR count). The number of ether oxygens (including phenoxy) is 1. The van der Waals surface area contributed by atoms with E-state index in [9.17, 15) is 9.59 Å². The van der Waals surface area contributed by atoms with E-state index < -0.39 is 0 Å². The molecule has 0 fully saturated rings. The number of hydrogen-bond donors (Lipinski definition) is 1. The van der Waals surface area contributed by atoms with Crippen LogP contribution in [0.3, 0.4) is 0 Å². The molecule has 176 valence electrons. The Morgan fingerprint density at radius 2 is 1.43 bits per heavy atom. The predicted molar refractivity (Wildman–Crippen MR) is 140 cm³/mol. The third-order valence-electron chi connectivity index (χ3n) is 5.79. The van der Waals surface area contributed by atoms with E-state index in [-0.39, 0.29) is 18.2 Å². The first-order valence-electron chi connectivity index (χ1n) is 11.5. The molecule has 0 aliphatic carbocycles. The molecular weight excluding hydrogens is 436 g/mol. The van der Waals surface area contributed by atoms with Crippen molar-refractivity contribution in [3.8, 4) is 5.75 Å². The van der Waals surface area contributed by atoms with Crippen molar-refractivity contribution in [2.45, 2.75) is 19.9 Å². The van der Waals surface area contributed by atoms with E-state index in [0.29, 0.717) is 17.8 Å². The highest BCUT2D eigenvalue weighted by Crippen LogP contribution is 2.23. The van der Waals surface area contributed by atoms with Gasteiger partial charge in [-0.25, -0.2) is 0 Å². The third-order valence-corrected chi connectivity index (χ3v) is 5.79. The average molecular weight is 465 g/mol. The number of nitrogens with one attached hydrogen (secondary N) is 1. The van der Waals surface area contributed by atoms with Gasteiger partial charge in [-0.05, 0) is 66.1 Å². The lowest BCUT2D eigenvalue weighted by atomic mass is 10.1. The molecule has 35 heavy (non-hydrogen) atoms. The first kappa shape index (κ1) is 23.8. The summed E-state index contributed by atoms with van der Waals surface area (Å²) in [6, 6.07) is 32.3. The van der Waals surface area contributed by atoms with Gasteiger partial charge in [0.15, 0.2) is 0 Å². The molecule has 0 saturated heterocycles. The van der Waals surface area contributed by atoms with Crippen LogP contribution in [-0.2, 0) is 17.8 Å². The second-order valence-electron chi connectivity index (χ2n) is 8.31. The number of hydrogen-bond acceptors (Lipinski definition) is 3. The van der Waals surface area contributed by atoms with Crippen LogP contribution in [0.1, 0.15) is 27.0 Å². The summed E-state index contributed by atoms with van der Waals surface area (Å²) in [4.78, 5) is 27.8. The van der Waals surface area contributed by atoms with Crippen molar-refractivity contribution in [1.82, 2.24) is 0 Å². The van der Waals surface area contributed by atoms with Crippen molar-refractivity contribution < 1.29 is 14.3 Å². The number of rotatable bonds is 8. The molecule has 0 aliphatic heterocycles. The highest BCUT2D eigenvalue weighted by molar-refractivity contribution is 6.07. The van der Waals surface area contributed by atoms with Gasteiger partial charge in [-0.3, -0.25) is 9.59 Å². The van der Waals surface area contributed by atoms with Gasteiger partial charge in [0.2, 0.25) is 5.91 Å². The molecule has 5 nitrogen and oxygen atoms in total. The van der Waals surface area contributed by atoms with Crippen LogP contribution in [0.2, 0.25) is 0 Å². The van der Waals surface area contributed by atoms with E-state index in [0.717, 1.165) is 28.1 Å². The van der Waals surface area contributed by atoms with Gasteiger partial charge < -0.3 is 15.0 Å². The molecule has 0 spiro atoms. The fraction of sp³-hybridized carbons (Fsp3) is 0.133. The molecule has 0 unspecified atom stereocenters. The predicted octanol–water partition coefficient (Wildman–Crippen LogP) is 6.03. The topological polar surface area (TPSA) is 58.6 Å². The highest BCUT2D eigenvalue weighted by atomic mass is 16.5. The van der Waals surface area contributed by atoms with Gasteiger partial charge in [-0.15, -0.1) is 0 Å². The van der Waals surface area contributed by atoms with Gasteiger partial charge in [0, 0.05) is 16.9 Å². The van der Waals surface area contributed by atoms with Crippen molar-refractivity contribution in [2.24, 2.45) is 0 Å². The fourth-order valence-electron chi connectivity index (χ4n) is 3.86. The minimum absolute atomic E-state index is 0.0584. The molecule has 4 aromatic rings. The second kappa shape index (κ2) is 11.2. The largest absolute Gasteiger partial charge is 0.497 e. The second-order valence-corrected chi connectivity index (χ2v) is 8.31. The highest BCUT2D eigenvalue weighted by Gasteiger charge is 2.20. The zero-order valence-corrected chi connectivity index (χ0v) is 19.9. The number of benzene rings is 4. The molecule has 1 N–H and O–H groups in total. The van der Waals surface area contributed by atoms with E-state index in [1.54, 1.807) is 36.3 Å². The zero-order valence-electron chi connectivity index (χ0n) is 19.9. The van der Waals surface area contributed by atoms with Gasteiger partial charge in [-0.2, -0.15) is 0 Å². The van der Waals surface area contributed by atoms with E-state index in [1.807, 2.05) is 85.8 Å². The van der Waals surface area contributed by atoms with Crippen molar-refractivity contribution in [2.75, 3.05) is 17.3 Å². The number of methoxy groups -OCH3 is 1. The number of amides is 2. The first-order valence-corrected chi connectivity index (χ1v) is 11.5. The molecule has 0 aliphatic rings. The quantitative estimate of drug-likeness (QED) is 0.346. The summed E-state index contributed by atoms with van der Waals surface area (Å²) in [7, 11) is 1.60. The summed E-state index contributed by atoms with van der Waals surface area (Å²) in [5.41, 5.74) is 5.00. The van der Waals surface area contributed by atoms with Gasteiger partial charge in [-0.1, -0.05) is 60.7 Å². The standard InChI is InChI=1S/C30H28N2O3/c1-22-8-6-7-11-28(22)30(34)32(21-24-9-4-3-5-10-24)26-16-12-23(13-17-26)20-29(33)31-25-14-18-27(35-2)19-15-25/h3-19H,20-21H2,1-2H3,(H,31,33). The molecule has 5 heteroatoms. The van der Waals surface area contributed by atoms with Gasteiger partial charge in [0.05, 0.1) is 20.1 Å². The Balaban J connectivity index is 1.51. The molecule has 0 saturated carbocycles. The molecule has 0 heterocycles. The Morgan fingerprint density at radius 1 is 0.771 bits per heavy atom. The normalized spacial score (nSPS) is 10.5. The molecule has 0 atom stereocenters. The smallest absolute Gasteiger partial charge is 0.258 e. The van der Waals surface area contributed by atoms with E-state index in [1.165, 1.54) is 0 Å². The van der Waals surface area contributed by atoms with Gasteiger partial charge >= 0.3 is 0 Å². The molecule has 0 bridgehead atoms. The lowest BCUT2D eigenvalue weighted by Gasteiger charge is -2.24. The van der Waals surface area contributed by atoms with E-state index in [4.69, 9.17) is 4.74 Å². The lowest BCUT2D eigenvalue weighted by molar-refractivity contribution is -0.115. The molecular formula is C30H28N2O3. The van der Waals surface area contributed by atoms with Crippen molar-refractivity contribution in [3.63, 3.8) is 0 Å². The van der Waals surface area contributed by atoms with Crippen molar-refractivity contribution in [3.05, 3.63) is 125 Å². The van der Waals surface area contributed by atoms with Crippen LogP contribution in [0.5, 0.6) is 5.75 Å². The molecule has 0 radical (unpaired) electrons. The van der Waals surface area contributed by atoms with Crippen LogP contribution in [0.4, 0.5) is 11.4 Å². The minimum Gasteiger partial charge on any atom is -0.497 e. The number of carbonyl (C=O) groups excluding carboxylic acids is 2. The number of anilines is 2. The van der Waals surface area contributed by atoms with Crippen LogP contribution >= 0.6 is 0 Å². The molecule has 4 aromatic carbocycles. The van der Waals surface area contributed by atoms with Crippen molar-refractivity contribution >= 4 is 23.2 Å². The summed E-state index contributed by atoms with van der Waals surface area (Å²) in [5.74, 6) is 0.566. The number of aryl methyl sites for hydroxylation is 1. The summed E-state index contributed by atoms with van der Waals surface area (Å²) >= 11 is 0. The van der Waals surface area contributed by atoms with E-state index in [2.05, 4.69) is 5.32 Å². The van der Waals surface area contributed by atoms with Crippen LogP contribution in [0, 0.1) is 6.92 Å². The summed E-state index contributed by atoms with van der Waals surface area (Å²) < 4.78 is 5.15. The SMILES string of the molecule is COc1ccc(NC(=O)Cc2ccc(N(Cc3ccccc3)C(=O)c3ccccc3C)cc2)cc1. The maximum absolute atomic E-state index is 13.5. The van der Waals surface area contributed by atoms with Crippen LogP contribution in [0.25, 0.3) is 0 Å². The fourth-order valence-corrected chi connectivity index (χ4v) is 3.86. The van der Waals surface area contributed by atoms with Gasteiger partial charge in [0.25, 0.3) is 5.91 Å². The Kier molecular flexibility index (Phi) is 7.58. The minimum atomic E-state index is -0.111. The van der Waals surface area contributed by atoms with Crippen LogP contribution in [0.15, 0.2) is 103 Å².